The number of anilines is 2. The largest absolute Gasteiger partial charge is 0.379 e. The molecule has 0 bridgehead atoms. The fourth-order valence-corrected chi connectivity index (χ4v) is 9.63. The van der Waals surface area contributed by atoms with Gasteiger partial charge in [-0.3, -0.25) is 29.5 Å². The molecular weight excluding hydrogens is 748 g/mol. The molecule has 12 nitrogen and oxygen atoms in total. The maximum Gasteiger partial charge on any atom is 0.282 e. The number of pyridine rings is 1. The zero-order valence-electron chi connectivity index (χ0n) is 30.9. The van der Waals surface area contributed by atoms with E-state index in [4.69, 9.17) is 0 Å². The lowest BCUT2D eigenvalue weighted by Gasteiger charge is -2.47. The third kappa shape index (κ3) is 7.27. The van der Waals surface area contributed by atoms with E-state index < -0.39 is 0 Å². The summed E-state index contributed by atoms with van der Waals surface area (Å²) in [6, 6.07) is 14.8. The first-order valence-electron chi connectivity index (χ1n) is 19.1. The number of carbonyl (C=O) groups is 3. The van der Waals surface area contributed by atoms with E-state index >= 15 is 0 Å². The Morgan fingerprint density at radius 1 is 0.926 bits per heavy atom. The van der Waals surface area contributed by atoms with Crippen molar-refractivity contribution in [3.05, 3.63) is 92.6 Å². The number of hydrogen-bond acceptors (Lipinski definition) is 9. The van der Waals surface area contributed by atoms with Gasteiger partial charge in [0.1, 0.15) is 4.47 Å². The predicted octanol–water partition coefficient (Wildman–Crippen LogP) is 5.03. The second-order valence-electron chi connectivity index (χ2n) is 15.8. The van der Waals surface area contributed by atoms with E-state index in [0.717, 1.165) is 99.0 Å². The van der Waals surface area contributed by atoms with Crippen LogP contribution in [0.5, 0.6) is 0 Å². The number of likely N-dealkylation sites (tertiary alicyclic amines) is 2. The number of hydrogen-bond donors (Lipinski definition) is 2. The van der Waals surface area contributed by atoms with Gasteiger partial charge in [0.05, 0.1) is 17.8 Å². The van der Waals surface area contributed by atoms with Crippen LogP contribution in [0.25, 0.3) is 10.8 Å². The van der Waals surface area contributed by atoms with Crippen molar-refractivity contribution in [1.82, 2.24) is 29.9 Å². The molecule has 2 aromatic heterocycles. The van der Waals surface area contributed by atoms with Crippen molar-refractivity contribution < 1.29 is 14.4 Å². The van der Waals surface area contributed by atoms with E-state index in [1.54, 1.807) is 19.4 Å². The molecule has 0 saturated carbocycles. The number of likely N-dealkylation sites (N-methyl/N-ethyl adjacent to an activating group) is 1. The Balaban J connectivity index is 0.850. The highest BCUT2D eigenvalue weighted by atomic mass is 79.9. The Morgan fingerprint density at radius 3 is 2.41 bits per heavy atom. The molecule has 0 radical (unpaired) electrons. The number of piperidine rings is 4. The number of aromatic nitrogens is 3. The van der Waals surface area contributed by atoms with Gasteiger partial charge in [0.25, 0.3) is 11.5 Å². The zero-order chi connectivity index (χ0) is 37.6. The highest BCUT2D eigenvalue weighted by Gasteiger charge is 2.39. The van der Waals surface area contributed by atoms with E-state index in [-0.39, 0.29) is 40.7 Å². The van der Waals surface area contributed by atoms with Gasteiger partial charge in [-0.2, -0.15) is 5.10 Å². The number of carbonyl (C=O) groups excluding carboxylic acids is 3. The molecule has 4 aliphatic heterocycles. The number of aryl methyl sites for hydroxylation is 1. The predicted molar refractivity (Wildman–Crippen MR) is 212 cm³/mol. The van der Waals surface area contributed by atoms with E-state index in [9.17, 15) is 19.2 Å². The Kier molecular flexibility index (Phi) is 10.0. The molecule has 0 aliphatic carbocycles. The number of fused-ring (bicyclic) bond motifs is 1. The van der Waals surface area contributed by atoms with Gasteiger partial charge in [-0.25, -0.2) is 4.68 Å². The first-order valence-corrected chi connectivity index (χ1v) is 19.9. The normalized spacial score (nSPS) is 23.4. The smallest absolute Gasteiger partial charge is 0.282 e. The highest BCUT2D eigenvalue weighted by Crippen LogP contribution is 2.43. The van der Waals surface area contributed by atoms with Crippen LogP contribution < -0.4 is 21.1 Å². The van der Waals surface area contributed by atoms with Crippen LogP contribution in [0.1, 0.15) is 78.3 Å². The molecule has 54 heavy (non-hydrogen) atoms. The minimum atomic E-state index is -0.362. The quantitative estimate of drug-likeness (QED) is 0.258. The van der Waals surface area contributed by atoms with Crippen LogP contribution in [0.4, 0.5) is 11.4 Å². The maximum atomic E-state index is 13.7. The molecule has 3 amide bonds. The van der Waals surface area contributed by atoms with E-state index in [0.29, 0.717) is 28.9 Å². The SMILES string of the molecule is CN1C[C@H](Nc2cnn(C)c(=O)c2Br)C[C@H](c2ccc(C(=O)N3CCC4(CC3)CCN(c3ccc5c(C6CCC(=O)NC6=O)cncc5c3)CC4)cc2)C1. The van der Waals surface area contributed by atoms with Gasteiger partial charge in [0, 0.05) is 87.8 Å². The average molecular weight is 796 g/mol. The van der Waals surface area contributed by atoms with Crippen LogP contribution in [0.2, 0.25) is 0 Å². The van der Waals surface area contributed by atoms with Gasteiger partial charge in [0.2, 0.25) is 11.8 Å². The molecular formula is C41H47BrN8O4. The third-order valence-electron chi connectivity index (χ3n) is 12.4. The van der Waals surface area contributed by atoms with E-state index in [1.165, 1.54) is 10.2 Å². The Hall–Kier alpha value is -4.62. The van der Waals surface area contributed by atoms with Crippen molar-refractivity contribution in [3.63, 3.8) is 0 Å². The molecule has 8 rings (SSSR count). The molecule has 3 atom stereocenters. The second kappa shape index (κ2) is 14.9. The maximum absolute atomic E-state index is 13.7. The summed E-state index contributed by atoms with van der Waals surface area (Å²) in [4.78, 5) is 61.6. The fourth-order valence-electron chi connectivity index (χ4n) is 9.15. The summed E-state index contributed by atoms with van der Waals surface area (Å²) < 4.78 is 1.81. The molecule has 4 fully saturated rings. The van der Waals surface area contributed by atoms with Crippen molar-refractivity contribution in [2.24, 2.45) is 12.5 Å². The van der Waals surface area contributed by atoms with Gasteiger partial charge in [-0.15, -0.1) is 0 Å². The summed E-state index contributed by atoms with van der Waals surface area (Å²) in [6.07, 6.45) is 11.3. The minimum absolute atomic E-state index is 0.110. The molecule has 4 aliphatic rings. The first kappa shape index (κ1) is 36.4. The summed E-state index contributed by atoms with van der Waals surface area (Å²) in [5.74, 6) is -0.407. The number of benzene rings is 2. The van der Waals surface area contributed by atoms with Crippen molar-refractivity contribution in [3.8, 4) is 0 Å². The van der Waals surface area contributed by atoms with Gasteiger partial charge < -0.3 is 20.0 Å². The minimum Gasteiger partial charge on any atom is -0.379 e. The summed E-state index contributed by atoms with van der Waals surface area (Å²) in [6.45, 7) is 5.27. The number of nitrogens with one attached hydrogen (secondary N) is 2. The lowest BCUT2D eigenvalue weighted by Crippen LogP contribution is -2.48. The molecule has 2 N–H and O–H groups in total. The summed E-state index contributed by atoms with van der Waals surface area (Å²) >= 11 is 3.44. The average Bonchev–Trinajstić information content (AvgIpc) is 3.18. The molecule has 13 heteroatoms. The zero-order valence-corrected chi connectivity index (χ0v) is 32.5. The van der Waals surface area contributed by atoms with Gasteiger partial charge >= 0.3 is 0 Å². The van der Waals surface area contributed by atoms with Crippen LogP contribution in [0.3, 0.4) is 0 Å². The fraction of sp³-hybridized carbons (Fsp3) is 0.463. The standard InChI is InChI=1S/C41H47BrN8O4/c1-47-24-29(19-30(25-47)45-35-23-44-48(2)40(54)37(35)42)26-3-5-27(6-4-26)39(53)50-17-13-41(14-18-50)11-15-49(16-12-41)31-7-8-32-28(20-31)21-43-22-34(32)33-9-10-36(51)46-38(33)52/h3-8,20-23,29-30,33,45H,9-19,24-25H2,1-2H3,(H,46,51,52)/t29-,30+,33?/m0/s1. The van der Waals surface area contributed by atoms with Crippen molar-refractivity contribution in [2.45, 2.75) is 62.8 Å². The highest BCUT2D eigenvalue weighted by molar-refractivity contribution is 9.10. The summed E-state index contributed by atoms with van der Waals surface area (Å²) in [7, 11) is 3.76. The lowest BCUT2D eigenvalue weighted by molar-refractivity contribution is -0.134. The summed E-state index contributed by atoms with van der Waals surface area (Å²) in [5.41, 5.74) is 4.79. The molecule has 282 valence electrons. The molecule has 4 aromatic rings. The van der Waals surface area contributed by atoms with Gasteiger partial charge in [-0.05, 0) is 114 Å². The molecule has 1 unspecified atom stereocenters. The number of rotatable bonds is 6. The Bertz CT molecular complexity index is 2140. The summed E-state index contributed by atoms with van der Waals surface area (Å²) in [5, 5.41) is 12.2. The van der Waals surface area contributed by atoms with E-state index in [1.807, 2.05) is 23.2 Å². The lowest BCUT2D eigenvalue weighted by atomic mass is 9.71. The van der Waals surface area contributed by atoms with Crippen molar-refractivity contribution >= 4 is 55.8 Å². The third-order valence-corrected chi connectivity index (χ3v) is 13.2. The second-order valence-corrected chi connectivity index (χ2v) is 16.6. The molecule has 6 heterocycles. The monoisotopic (exact) mass is 794 g/mol. The number of halogens is 1. The molecule has 2 aromatic carbocycles. The molecule has 4 saturated heterocycles. The van der Waals surface area contributed by atoms with E-state index in [2.05, 4.69) is 83.8 Å². The number of amides is 3. The van der Waals surface area contributed by atoms with Crippen LogP contribution in [0.15, 0.2) is 70.3 Å². The Morgan fingerprint density at radius 2 is 1.67 bits per heavy atom. The van der Waals surface area contributed by atoms with Crippen LogP contribution >= 0.6 is 15.9 Å². The van der Waals surface area contributed by atoms with Crippen LogP contribution in [-0.4, -0.2) is 94.6 Å². The number of nitrogens with zero attached hydrogens (tertiary/aromatic N) is 6. The van der Waals surface area contributed by atoms with Crippen LogP contribution in [-0.2, 0) is 16.6 Å². The van der Waals surface area contributed by atoms with Gasteiger partial charge in [0.15, 0.2) is 0 Å². The van der Waals surface area contributed by atoms with Crippen molar-refractivity contribution in [1.29, 1.82) is 0 Å². The van der Waals surface area contributed by atoms with Crippen LogP contribution in [0, 0.1) is 5.41 Å². The van der Waals surface area contributed by atoms with Gasteiger partial charge in [-0.1, -0.05) is 18.2 Å². The van der Waals surface area contributed by atoms with Crippen molar-refractivity contribution in [2.75, 3.05) is 56.5 Å². The first-order chi connectivity index (χ1) is 26.1. The molecule has 1 spiro atoms. The Labute approximate surface area is 323 Å². The topological polar surface area (TPSA) is 133 Å². The number of imide groups is 1.